The second-order valence-corrected chi connectivity index (χ2v) is 6.62. The van der Waals surface area contributed by atoms with Gasteiger partial charge in [0.2, 0.25) is 5.88 Å². The Kier molecular flexibility index (Phi) is 3.72. The van der Waals surface area contributed by atoms with Gasteiger partial charge in [0.15, 0.2) is 0 Å². The van der Waals surface area contributed by atoms with Crippen molar-refractivity contribution in [3.05, 3.63) is 18.3 Å². The Balaban J connectivity index is 1.67. The first-order chi connectivity index (χ1) is 9.87. The molecule has 0 amide bonds. The van der Waals surface area contributed by atoms with E-state index in [0.29, 0.717) is 12.5 Å². The van der Waals surface area contributed by atoms with E-state index in [0.717, 1.165) is 18.5 Å². The van der Waals surface area contributed by atoms with Crippen LogP contribution in [0, 0.1) is 0 Å². The molecular formula is C15H22BNO4. The average Bonchev–Trinajstić information content (AvgIpc) is 2.97. The van der Waals surface area contributed by atoms with Crippen molar-refractivity contribution < 1.29 is 18.8 Å². The van der Waals surface area contributed by atoms with Crippen molar-refractivity contribution >= 4 is 12.6 Å². The molecule has 1 aromatic rings. The molecule has 5 nitrogen and oxygen atoms in total. The van der Waals surface area contributed by atoms with Gasteiger partial charge in [0.1, 0.15) is 6.10 Å². The van der Waals surface area contributed by atoms with Crippen LogP contribution in [0.1, 0.15) is 34.1 Å². The molecule has 21 heavy (non-hydrogen) atoms. The largest absolute Gasteiger partial charge is 0.496 e. The van der Waals surface area contributed by atoms with E-state index in [2.05, 4.69) is 4.98 Å². The number of nitrogens with zero attached hydrogens (tertiary/aromatic N) is 1. The van der Waals surface area contributed by atoms with Crippen LogP contribution in [0.5, 0.6) is 5.88 Å². The third-order valence-corrected chi connectivity index (χ3v) is 4.46. The van der Waals surface area contributed by atoms with Gasteiger partial charge in [-0.1, -0.05) is 6.07 Å². The zero-order valence-electron chi connectivity index (χ0n) is 13.1. The number of aromatic nitrogens is 1. The van der Waals surface area contributed by atoms with Crippen molar-refractivity contribution in [1.82, 2.24) is 4.98 Å². The highest BCUT2D eigenvalue weighted by atomic mass is 16.7. The summed E-state index contributed by atoms with van der Waals surface area (Å²) in [6, 6.07) is 3.80. The number of ether oxygens (including phenoxy) is 2. The van der Waals surface area contributed by atoms with Gasteiger partial charge >= 0.3 is 7.12 Å². The van der Waals surface area contributed by atoms with E-state index in [1.807, 2.05) is 39.8 Å². The molecule has 0 bridgehead atoms. The van der Waals surface area contributed by atoms with Crippen LogP contribution in [0.2, 0.25) is 0 Å². The zero-order valence-corrected chi connectivity index (χ0v) is 13.1. The summed E-state index contributed by atoms with van der Waals surface area (Å²) in [5, 5.41) is 0. The lowest BCUT2D eigenvalue weighted by Crippen LogP contribution is -2.41. The third kappa shape index (κ3) is 2.93. The molecule has 0 N–H and O–H groups in total. The molecule has 0 aromatic carbocycles. The van der Waals surface area contributed by atoms with Gasteiger partial charge in [-0.15, -0.1) is 0 Å². The minimum Gasteiger partial charge on any atom is -0.472 e. The smallest absolute Gasteiger partial charge is 0.472 e. The van der Waals surface area contributed by atoms with Gasteiger partial charge in [0, 0.05) is 18.1 Å². The first-order valence-electron chi connectivity index (χ1n) is 7.43. The van der Waals surface area contributed by atoms with Crippen molar-refractivity contribution in [2.45, 2.75) is 51.4 Å². The Morgan fingerprint density at radius 2 is 1.90 bits per heavy atom. The SMILES string of the molecule is CC1(C)OB(c2ccc(OC3CCOC3)nc2)OC1(C)C. The van der Waals surface area contributed by atoms with E-state index in [9.17, 15) is 0 Å². The van der Waals surface area contributed by atoms with Gasteiger partial charge in [0.25, 0.3) is 0 Å². The molecule has 1 aromatic heterocycles. The summed E-state index contributed by atoms with van der Waals surface area (Å²) in [6.07, 6.45) is 2.79. The number of pyridine rings is 1. The van der Waals surface area contributed by atoms with Gasteiger partial charge in [-0.3, -0.25) is 0 Å². The number of rotatable bonds is 3. The Morgan fingerprint density at radius 1 is 1.19 bits per heavy atom. The molecule has 3 heterocycles. The van der Waals surface area contributed by atoms with E-state index in [4.69, 9.17) is 18.8 Å². The van der Waals surface area contributed by atoms with Crippen molar-refractivity contribution in [2.24, 2.45) is 0 Å². The Hall–Kier alpha value is -1.11. The molecule has 0 spiro atoms. The van der Waals surface area contributed by atoms with Gasteiger partial charge in [-0.2, -0.15) is 0 Å². The third-order valence-electron chi connectivity index (χ3n) is 4.46. The minimum atomic E-state index is -0.383. The summed E-state index contributed by atoms with van der Waals surface area (Å²) in [5.41, 5.74) is 0.228. The standard InChI is InChI=1S/C15H22BNO4/c1-14(2)15(3,4)21-16(20-14)11-5-6-13(17-9-11)19-12-7-8-18-10-12/h5-6,9,12H,7-8,10H2,1-4H3. The molecule has 2 fully saturated rings. The fourth-order valence-corrected chi connectivity index (χ4v) is 2.36. The fourth-order valence-electron chi connectivity index (χ4n) is 2.36. The van der Waals surface area contributed by atoms with E-state index in [1.165, 1.54) is 0 Å². The fraction of sp³-hybridized carbons (Fsp3) is 0.667. The lowest BCUT2D eigenvalue weighted by atomic mass is 9.80. The van der Waals surface area contributed by atoms with Crippen molar-refractivity contribution in [3.8, 4) is 5.88 Å². The van der Waals surface area contributed by atoms with Crippen LogP contribution in [0.4, 0.5) is 0 Å². The molecule has 2 saturated heterocycles. The Morgan fingerprint density at radius 3 is 2.43 bits per heavy atom. The van der Waals surface area contributed by atoms with Crippen LogP contribution >= 0.6 is 0 Å². The lowest BCUT2D eigenvalue weighted by Gasteiger charge is -2.32. The highest BCUT2D eigenvalue weighted by molar-refractivity contribution is 6.62. The second kappa shape index (κ2) is 5.27. The van der Waals surface area contributed by atoms with E-state index in [1.54, 1.807) is 6.20 Å². The first-order valence-corrected chi connectivity index (χ1v) is 7.43. The molecule has 2 aliphatic rings. The molecule has 1 atom stereocenters. The monoisotopic (exact) mass is 291 g/mol. The van der Waals surface area contributed by atoms with Crippen LogP contribution < -0.4 is 10.2 Å². The Bertz CT molecular complexity index is 481. The quantitative estimate of drug-likeness (QED) is 0.791. The van der Waals surface area contributed by atoms with E-state index < -0.39 is 0 Å². The zero-order chi connectivity index (χ0) is 15.1. The summed E-state index contributed by atoms with van der Waals surface area (Å²) in [4.78, 5) is 4.34. The van der Waals surface area contributed by atoms with Crippen LogP contribution in [-0.2, 0) is 14.0 Å². The summed E-state index contributed by atoms with van der Waals surface area (Å²) >= 11 is 0. The maximum atomic E-state index is 6.00. The normalized spacial score (nSPS) is 27.0. The van der Waals surface area contributed by atoms with E-state index in [-0.39, 0.29) is 24.4 Å². The molecule has 3 rings (SSSR count). The van der Waals surface area contributed by atoms with Gasteiger partial charge in [0.05, 0.1) is 24.4 Å². The van der Waals surface area contributed by atoms with Gasteiger partial charge < -0.3 is 18.8 Å². The molecule has 114 valence electrons. The predicted octanol–water partition coefficient (Wildman–Crippen LogP) is 1.55. The van der Waals surface area contributed by atoms with Crippen LogP contribution in [0.15, 0.2) is 18.3 Å². The molecule has 0 aliphatic carbocycles. The molecular weight excluding hydrogens is 269 g/mol. The highest BCUT2D eigenvalue weighted by Gasteiger charge is 2.51. The summed E-state index contributed by atoms with van der Waals surface area (Å²) in [6.45, 7) is 9.56. The van der Waals surface area contributed by atoms with Crippen molar-refractivity contribution in [3.63, 3.8) is 0 Å². The average molecular weight is 291 g/mol. The molecule has 6 heteroatoms. The second-order valence-electron chi connectivity index (χ2n) is 6.62. The lowest BCUT2D eigenvalue weighted by molar-refractivity contribution is 0.00578. The van der Waals surface area contributed by atoms with Gasteiger partial charge in [-0.05, 0) is 33.8 Å². The first kappa shape index (κ1) is 14.8. The number of hydrogen-bond acceptors (Lipinski definition) is 5. The van der Waals surface area contributed by atoms with E-state index >= 15 is 0 Å². The highest BCUT2D eigenvalue weighted by Crippen LogP contribution is 2.36. The van der Waals surface area contributed by atoms with Gasteiger partial charge in [-0.25, -0.2) is 4.98 Å². The summed E-state index contributed by atoms with van der Waals surface area (Å²) in [7, 11) is -0.383. The van der Waals surface area contributed by atoms with Crippen molar-refractivity contribution in [2.75, 3.05) is 13.2 Å². The molecule has 2 aliphatic heterocycles. The van der Waals surface area contributed by atoms with Crippen LogP contribution in [0.3, 0.4) is 0 Å². The van der Waals surface area contributed by atoms with Crippen LogP contribution in [-0.4, -0.2) is 42.6 Å². The minimum absolute atomic E-state index is 0.111. The van der Waals surface area contributed by atoms with Crippen LogP contribution in [0.25, 0.3) is 0 Å². The predicted molar refractivity (Wildman–Crippen MR) is 79.8 cm³/mol. The van der Waals surface area contributed by atoms with Crippen molar-refractivity contribution in [1.29, 1.82) is 0 Å². The Labute approximate surface area is 126 Å². The molecule has 0 saturated carbocycles. The maximum absolute atomic E-state index is 6.00. The topological polar surface area (TPSA) is 49.8 Å². The summed E-state index contributed by atoms with van der Waals surface area (Å²) in [5.74, 6) is 0.616. The number of hydrogen-bond donors (Lipinski definition) is 0. The molecule has 0 radical (unpaired) electrons. The summed E-state index contributed by atoms with van der Waals surface area (Å²) < 4.78 is 23.0. The molecule has 1 unspecified atom stereocenters. The maximum Gasteiger partial charge on any atom is 0.496 e.